The van der Waals surface area contributed by atoms with Gasteiger partial charge >= 0.3 is 0 Å². The van der Waals surface area contributed by atoms with Crippen LogP contribution in [0.5, 0.6) is 0 Å². The molecule has 2 aromatic rings. The summed E-state index contributed by atoms with van der Waals surface area (Å²) in [6, 6.07) is 3.23. The van der Waals surface area contributed by atoms with E-state index in [-0.39, 0.29) is 0 Å². The SMILES string of the molecule is Fc1ccc(CN2CCc3nc(C4CCCCC4)ncc3C2)cn1. The topological polar surface area (TPSA) is 41.9 Å². The zero-order chi connectivity index (χ0) is 16.4. The maximum Gasteiger partial charge on any atom is 0.212 e. The van der Waals surface area contributed by atoms with Crippen LogP contribution in [0.15, 0.2) is 24.5 Å². The van der Waals surface area contributed by atoms with Crippen LogP contribution in [0.2, 0.25) is 0 Å². The Hall–Kier alpha value is -1.88. The van der Waals surface area contributed by atoms with Crippen molar-refractivity contribution in [2.24, 2.45) is 0 Å². The van der Waals surface area contributed by atoms with Gasteiger partial charge in [-0.25, -0.2) is 15.0 Å². The zero-order valence-electron chi connectivity index (χ0n) is 13.9. The molecule has 0 bridgehead atoms. The molecule has 2 aliphatic rings. The van der Waals surface area contributed by atoms with E-state index in [4.69, 9.17) is 4.98 Å². The van der Waals surface area contributed by atoms with E-state index in [1.807, 2.05) is 6.20 Å². The van der Waals surface area contributed by atoms with Gasteiger partial charge in [-0.3, -0.25) is 4.90 Å². The summed E-state index contributed by atoms with van der Waals surface area (Å²) in [6.07, 6.45) is 11.1. The molecule has 0 amide bonds. The lowest BCUT2D eigenvalue weighted by molar-refractivity contribution is 0.241. The number of halogens is 1. The van der Waals surface area contributed by atoms with Crippen LogP contribution in [0, 0.1) is 5.95 Å². The summed E-state index contributed by atoms with van der Waals surface area (Å²) >= 11 is 0. The lowest BCUT2D eigenvalue weighted by Gasteiger charge is -2.29. The fourth-order valence-corrected chi connectivity index (χ4v) is 3.84. The van der Waals surface area contributed by atoms with Gasteiger partial charge in [-0.15, -0.1) is 0 Å². The molecule has 0 unspecified atom stereocenters. The first-order valence-electron chi connectivity index (χ1n) is 8.95. The molecule has 0 spiro atoms. The van der Waals surface area contributed by atoms with Crippen LogP contribution in [-0.4, -0.2) is 26.4 Å². The van der Waals surface area contributed by atoms with E-state index in [0.29, 0.717) is 5.92 Å². The molecular weight excluding hydrogens is 303 g/mol. The van der Waals surface area contributed by atoms with Crippen LogP contribution >= 0.6 is 0 Å². The Morgan fingerprint density at radius 1 is 1.08 bits per heavy atom. The highest BCUT2D eigenvalue weighted by atomic mass is 19.1. The molecule has 0 N–H and O–H groups in total. The Morgan fingerprint density at radius 2 is 1.96 bits per heavy atom. The predicted octanol–water partition coefficient (Wildman–Crippen LogP) is 3.62. The molecular formula is C19H23FN4. The third-order valence-corrected chi connectivity index (χ3v) is 5.20. The molecule has 0 aromatic carbocycles. The second kappa shape index (κ2) is 6.93. The third kappa shape index (κ3) is 3.46. The van der Waals surface area contributed by atoms with Gasteiger partial charge in [0.15, 0.2) is 0 Å². The van der Waals surface area contributed by atoms with Crippen LogP contribution in [0.25, 0.3) is 0 Å². The Balaban J connectivity index is 1.44. The van der Waals surface area contributed by atoms with Crippen molar-refractivity contribution in [3.05, 3.63) is 53.1 Å². The summed E-state index contributed by atoms with van der Waals surface area (Å²) in [4.78, 5) is 15.6. The van der Waals surface area contributed by atoms with Gasteiger partial charge in [-0.1, -0.05) is 25.3 Å². The van der Waals surface area contributed by atoms with Crippen LogP contribution < -0.4 is 0 Å². The standard InChI is InChI=1S/C19H23FN4/c20-18-7-6-14(10-21-18)12-24-9-8-17-16(13-24)11-22-19(23-17)15-4-2-1-3-5-15/h6-7,10-11,15H,1-5,8-9,12-13H2. The Labute approximate surface area is 142 Å². The van der Waals surface area contributed by atoms with Crippen molar-refractivity contribution in [2.75, 3.05) is 6.54 Å². The average Bonchev–Trinajstić information content (AvgIpc) is 2.64. The third-order valence-electron chi connectivity index (χ3n) is 5.20. The Kier molecular flexibility index (Phi) is 4.52. The van der Waals surface area contributed by atoms with Crippen LogP contribution in [0.3, 0.4) is 0 Å². The average molecular weight is 326 g/mol. The second-order valence-electron chi connectivity index (χ2n) is 6.98. The minimum Gasteiger partial charge on any atom is -0.294 e. The lowest BCUT2D eigenvalue weighted by atomic mass is 9.88. The van der Waals surface area contributed by atoms with Crippen molar-refractivity contribution in [1.82, 2.24) is 19.9 Å². The number of pyridine rings is 1. The first-order chi connectivity index (χ1) is 11.8. The van der Waals surface area contributed by atoms with Gasteiger partial charge in [0.2, 0.25) is 5.95 Å². The molecule has 1 aliphatic carbocycles. The number of hydrogen-bond acceptors (Lipinski definition) is 4. The molecule has 4 nitrogen and oxygen atoms in total. The van der Waals surface area contributed by atoms with Gasteiger partial charge in [-0.05, 0) is 24.5 Å². The van der Waals surface area contributed by atoms with E-state index in [2.05, 4.69) is 14.9 Å². The highest BCUT2D eigenvalue weighted by molar-refractivity contribution is 5.22. The summed E-state index contributed by atoms with van der Waals surface area (Å²) in [7, 11) is 0. The molecule has 5 heteroatoms. The second-order valence-corrected chi connectivity index (χ2v) is 6.98. The molecule has 1 fully saturated rings. The zero-order valence-corrected chi connectivity index (χ0v) is 13.9. The van der Waals surface area contributed by atoms with Gasteiger partial charge in [0, 0.05) is 55.6 Å². The molecule has 0 saturated heterocycles. The van der Waals surface area contributed by atoms with Gasteiger partial charge in [0.05, 0.1) is 0 Å². The Bertz CT molecular complexity index is 695. The maximum absolute atomic E-state index is 12.9. The fourth-order valence-electron chi connectivity index (χ4n) is 3.84. The van der Waals surface area contributed by atoms with E-state index in [1.54, 1.807) is 12.3 Å². The molecule has 4 rings (SSSR count). The molecule has 3 heterocycles. The number of rotatable bonds is 3. The summed E-state index contributed by atoms with van der Waals surface area (Å²) < 4.78 is 12.9. The summed E-state index contributed by atoms with van der Waals surface area (Å²) in [5.74, 6) is 1.20. The largest absolute Gasteiger partial charge is 0.294 e. The maximum atomic E-state index is 12.9. The van der Waals surface area contributed by atoms with Crippen molar-refractivity contribution >= 4 is 0 Å². The number of hydrogen-bond donors (Lipinski definition) is 0. The number of fused-ring (bicyclic) bond motifs is 1. The summed E-state index contributed by atoms with van der Waals surface area (Å²) in [5, 5.41) is 0. The smallest absolute Gasteiger partial charge is 0.212 e. The predicted molar refractivity (Wildman–Crippen MR) is 89.9 cm³/mol. The van der Waals surface area contributed by atoms with E-state index in [1.165, 1.54) is 49.4 Å². The minimum atomic E-state index is -0.425. The van der Waals surface area contributed by atoms with Crippen molar-refractivity contribution < 1.29 is 4.39 Å². The van der Waals surface area contributed by atoms with E-state index in [0.717, 1.165) is 37.4 Å². The molecule has 126 valence electrons. The van der Waals surface area contributed by atoms with E-state index < -0.39 is 5.95 Å². The van der Waals surface area contributed by atoms with E-state index >= 15 is 0 Å². The van der Waals surface area contributed by atoms with Gasteiger partial charge in [0.25, 0.3) is 0 Å². The highest BCUT2D eigenvalue weighted by Crippen LogP contribution is 2.31. The van der Waals surface area contributed by atoms with Crippen molar-refractivity contribution in [2.45, 2.75) is 57.5 Å². The summed E-state index contributed by atoms with van der Waals surface area (Å²) in [5.41, 5.74) is 3.49. The quantitative estimate of drug-likeness (QED) is 0.808. The first kappa shape index (κ1) is 15.6. The number of nitrogens with zero attached hydrogens (tertiary/aromatic N) is 4. The molecule has 2 aromatic heterocycles. The Morgan fingerprint density at radius 3 is 2.75 bits per heavy atom. The first-order valence-corrected chi connectivity index (χ1v) is 8.95. The monoisotopic (exact) mass is 326 g/mol. The number of aromatic nitrogens is 3. The van der Waals surface area contributed by atoms with Crippen molar-refractivity contribution in [3.63, 3.8) is 0 Å². The molecule has 0 atom stereocenters. The summed E-state index contributed by atoms with van der Waals surface area (Å²) in [6.45, 7) is 2.63. The van der Waals surface area contributed by atoms with E-state index in [9.17, 15) is 4.39 Å². The van der Waals surface area contributed by atoms with Crippen molar-refractivity contribution in [3.8, 4) is 0 Å². The highest BCUT2D eigenvalue weighted by Gasteiger charge is 2.22. The van der Waals surface area contributed by atoms with Crippen LogP contribution in [0.1, 0.15) is 60.7 Å². The lowest BCUT2D eigenvalue weighted by Crippen LogP contribution is -2.31. The van der Waals surface area contributed by atoms with Crippen LogP contribution in [-0.2, 0) is 19.5 Å². The van der Waals surface area contributed by atoms with Crippen LogP contribution in [0.4, 0.5) is 4.39 Å². The molecule has 1 saturated carbocycles. The molecule has 24 heavy (non-hydrogen) atoms. The molecule has 0 radical (unpaired) electrons. The minimum absolute atomic E-state index is 0.425. The fraction of sp³-hybridized carbons (Fsp3) is 0.526. The molecule has 1 aliphatic heterocycles. The van der Waals surface area contributed by atoms with Gasteiger partial charge < -0.3 is 0 Å². The van der Waals surface area contributed by atoms with Gasteiger partial charge in [0.1, 0.15) is 5.82 Å². The normalized spacial score (nSPS) is 19.2. The van der Waals surface area contributed by atoms with Gasteiger partial charge in [-0.2, -0.15) is 4.39 Å². The van der Waals surface area contributed by atoms with Crippen molar-refractivity contribution in [1.29, 1.82) is 0 Å².